The summed E-state index contributed by atoms with van der Waals surface area (Å²) in [6.07, 6.45) is 6.39. The Bertz CT molecular complexity index is 439. The van der Waals surface area contributed by atoms with Crippen molar-refractivity contribution in [3.63, 3.8) is 0 Å². The monoisotopic (exact) mass is 290 g/mol. The highest BCUT2D eigenvalue weighted by Crippen LogP contribution is 2.37. The van der Waals surface area contributed by atoms with Crippen molar-refractivity contribution >= 4 is 0 Å². The van der Waals surface area contributed by atoms with Crippen molar-refractivity contribution in [2.75, 3.05) is 20.7 Å². The summed E-state index contributed by atoms with van der Waals surface area (Å²) < 4.78 is 5.32. The molecule has 3 nitrogen and oxygen atoms in total. The minimum Gasteiger partial charge on any atom is -0.497 e. The summed E-state index contributed by atoms with van der Waals surface area (Å²) in [6, 6.07) is 8.35. The zero-order chi connectivity index (χ0) is 15.3. The Morgan fingerprint density at radius 2 is 2.05 bits per heavy atom. The number of nitrogens with zero attached hydrogens (tertiary/aromatic N) is 1. The molecule has 0 heterocycles. The summed E-state index contributed by atoms with van der Waals surface area (Å²) in [7, 11) is 3.94. The van der Waals surface area contributed by atoms with Crippen LogP contribution in [0, 0.1) is 5.92 Å². The van der Waals surface area contributed by atoms with Gasteiger partial charge in [-0.1, -0.05) is 25.5 Å². The van der Waals surface area contributed by atoms with E-state index in [0.29, 0.717) is 0 Å². The Hall–Kier alpha value is -1.06. The Balaban J connectivity index is 2.04. The molecule has 1 aromatic carbocycles. The molecule has 21 heavy (non-hydrogen) atoms. The molecular formula is C18H30N2O. The van der Waals surface area contributed by atoms with E-state index in [1.54, 1.807) is 7.11 Å². The van der Waals surface area contributed by atoms with Crippen LogP contribution in [0.1, 0.15) is 44.6 Å². The van der Waals surface area contributed by atoms with Crippen molar-refractivity contribution in [1.82, 2.24) is 4.90 Å². The summed E-state index contributed by atoms with van der Waals surface area (Å²) in [5.41, 5.74) is 7.64. The summed E-state index contributed by atoms with van der Waals surface area (Å²) in [6.45, 7) is 4.00. The maximum absolute atomic E-state index is 6.17. The average Bonchev–Trinajstić information content (AvgIpc) is 2.55. The Morgan fingerprint density at radius 3 is 2.62 bits per heavy atom. The predicted molar refractivity (Wildman–Crippen MR) is 88.5 cm³/mol. The fraction of sp³-hybridized carbons (Fsp3) is 0.667. The van der Waals surface area contributed by atoms with Gasteiger partial charge in [0.25, 0.3) is 0 Å². The Labute approximate surface area is 129 Å². The predicted octanol–water partition coefficient (Wildman–Crippen LogP) is 3.42. The van der Waals surface area contributed by atoms with Gasteiger partial charge in [-0.05, 0) is 56.3 Å². The second-order valence-electron chi connectivity index (χ2n) is 6.49. The number of benzene rings is 1. The van der Waals surface area contributed by atoms with Gasteiger partial charge in [0.1, 0.15) is 5.75 Å². The summed E-state index contributed by atoms with van der Waals surface area (Å²) in [4.78, 5) is 2.47. The van der Waals surface area contributed by atoms with E-state index in [1.165, 1.54) is 37.7 Å². The number of nitrogens with two attached hydrogens (primary N) is 1. The molecule has 0 saturated heterocycles. The van der Waals surface area contributed by atoms with Crippen LogP contribution in [0.3, 0.4) is 0 Å². The normalized spacial score (nSPS) is 26.0. The van der Waals surface area contributed by atoms with Gasteiger partial charge in [0.15, 0.2) is 0 Å². The minimum atomic E-state index is 0.175. The molecule has 0 aliphatic heterocycles. The molecule has 0 bridgehead atoms. The molecule has 3 heteroatoms. The number of hydrogen-bond acceptors (Lipinski definition) is 3. The molecule has 0 aromatic heterocycles. The van der Waals surface area contributed by atoms with E-state index >= 15 is 0 Å². The highest BCUT2D eigenvalue weighted by atomic mass is 16.5. The number of methoxy groups -OCH3 is 1. The van der Waals surface area contributed by atoms with E-state index in [0.717, 1.165) is 24.8 Å². The van der Waals surface area contributed by atoms with Crippen LogP contribution in [-0.2, 0) is 6.54 Å². The van der Waals surface area contributed by atoms with Crippen molar-refractivity contribution in [2.45, 2.75) is 51.1 Å². The van der Waals surface area contributed by atoms with E-state index in [-0.39, 0.29) is 5.54 Å². The molecule has 0 unspecified atom stereocenters. The fourth-order valence-electron chi connectivity index (χ4n) is 3.58. The average molecular weight is 290 g/mol. The van der Waals surface area contributed by atoms with Crippen LogP contribution >= 0.6 is 0 Å². The van der Waals surface area contributed by atoms with E-state index in [1.807, 2.05) is 6.07 Å². The van der Waals surface area contributed by atoms with Gasteiger partial charge in [-0.3, -0.25) is 4.90 Å². The Morgan fingerprint density at radius 1 is 1.33 bits per heavy atom. The fourth-order valence-corrected chi connectivity index (χ4v) is 3.58. The lowest BCUT2D eigenvalue weighted by molar-refractivity contribution is 0.0579. The third kappa shape index (κ3) is 3.78. The first-order valence-corrected chi connectivity index (χ1v) is 8.18. The standard InChI is InChI=1S/C18H30N2O/c1-4-15-8-10-18(14-19,11-9-15)20(2)13-16-6-5-7-17(12-16)21-3/h5-7,12,15H,4,8-11,13-14,19H2,1-3H3. The quantitative estimate of drug-likeness (QED) is 0.872. The van der Waals surface area contributed by atoms with Gasteiger partial charge < -0.3 is 10.5 Å². The molecule has 0 amide bonds. The van der Waals surface area contributed by atoms with Crippen molar-refractivity contribution < 1.29 is 4.74 Å². The maximum Gasteiger partial charge on any atom is 0.119 e. The summed E-state index contributed by atoms with van der Waals surface area (Å²) in [5, 5.41) is 0. The first-order valence-electron chi connectivity index (χ1n) is 8.18. The van der Waals surface area contributed by atoms with Crippen LogP contribution in [-0.4, -0.2) is 31.1 Å². The van der Waals surface area contributed by atoms with Crippen LogP contribution in [0.25, 0.3) is 0 Å². The topological polar surface area (TPSA) is 38.5 Å². The zero-order valence-electron chi connectivity index (χ0n) is 13.8. The van der Waals surface area contributed by atoms with Gasteiger partial charge in [-0.15, -0.1) is 0 Å². The van der Waals surface area contributed by atoms with Crippen LogP contribution in [0.2, 0.25) is 0 Å². The van der Waals surface area contributed by atoms with Gasteiger partial charge in [0, 0.05) is 18.6 Å². The maximum atomic E-state index is 6.17. The first kappa shape index (κ1) is 16.3. The van der Waals surface area contributed by atoms with Crippen LogP contribution < -0.4 is 10.5 Å². The van der Waals surface area contributed by atoms with E-state index < -0.39 is 0 Å². The van der Waals surface area contributed by atoms with Gasteiger partial charge in [-0.2, -0.15) is 0 Å². The van der Waals surface area contributed by atoms with Crippen molar-refractivity contribution in [3.05, 3.63) is 29.8 Å². The van der Waals surface area contributed by atoms with E-state index in [2.05, 4.69) is 37.1 Å². The third-order valence-corrected chi connectivity index (χ3v) is 5.36. The van der Waals surface area contributed by atoms with Crippen molar-refractivity contribution in [2.24, 2.45) is 11.7 Å². The molecule has 1 aliphatic rings. The highest BCUT2D eigenvalue weighted by Gasteiger charge is 2.37. The van der Waals surface area contributed by atoms with Crippen molar-refractivity contribution in [3.8, 4) is 5.75 Å². The summed E-state index contributed by atoms with van der Waals surface area (Å²) in [5.74, 6) is 1.83. The molecule has 1 saturated carbocycles. The number of ether oxygens (including phenoxy) is 1. The first-order chi connectivity index (χ1) is 10.1. The zero-order valence-corrected chi connectivity index (χ0v) is 13.8. The lowest BCUT2D eigenvalue weighted by Gasteiger charge is -2.46. The highest BCUT2D eigenvalue weighted by molar-refractivity contribution is 5.28. The largest absolute Gasteiger partial charge is 0.497 e. The Kier molecular flexibility index (Phi) is 5.65. The molecule has 1 fully saturated rings. The molecular weight excluding hydrogens is 260 g/mol. The van der Waals surface area contributed by atoms with E-state index in [9.17, 15) is 0 Å². The van der Waals surface area contributed by atoms with Crippen LogP contribution in [0.5, 0.6) is 5.75 Å². The SMILES string of the molecule is CCC1CCC(CN)(N(C)Cc2cccc(OC)c2)CC1. The second kappa shape index (κ2) is 7.28. The van der Waals surface area contributed by atoms with Gasteiger partial charge >= 0.3 is 0 Å². The van der Waals surface area contributed by atoms with E-state index in [4.69, 9.17) is 10.5 Å². The number of rotatable bonds is 6. The third-order valence-electron chi connectivity index (χ3n) is 5.36. The minimum absolute atomic E-state index is 0.175. The molecule has 118 valence electrons. The lowest BCUT2D eigenvalue weighted by atomic mass is 9.74. The molecule has 0 atom stereocenters. The number of likely N-dealkylation sites (N-methyl/N-ethyl adjacent to an activating group) is 1. The molecule has 1 aromatic rings. The smallest absolute Gasteiger partial charge is 0.119 e. The lowest BCUT2D eigenvalue weighted by Crippen LogP contribution is -2.53. The molecule has 2 N–H and O–H groups in total. The van der Waals surface area contributed by atoms with Gasteiger partial charge in [0.05, 0.1) is 7.11 Å². The summed E-state index contributed by atoms with van der Waals surface area (Å²) >= 11 is 0. The number of hydrogen-bond donors (Lipinski definition) is 1. The van der Waals surface area contributed by atoms with Crippen LogP contribution in [0.4, 0.5) is 0 Å². The molecule has 2 rings (SSSR count). The molecule has 0 radical (unpaired) electrons. The second-order valence-corrected chi connectivity index (χ2v) is 6.49. The van der Waals surface area contributed by atoms with Gasteiger partial charge in [-0.25, -0.2) is 0 Å². The van der Waals surface area contributed by atoms with Crippen LogP contribution in [0.15, 0.2) is 24.3 Å². The van der Waals surface area contributed by atoms with Crippen molar-refractivity contribution in [1.29, 1.82) is 0 Å². The molecule has 0 spiro atoms. The van der Waals surface area contributed by atoms with Gasteiger partial charge in [0.2, 0.25) is 0 Å². The molecule has 1 aliphatic carbocycles.